The highest BCUT2D eigenvalue weighted by molar-refractivity contribution is 5.91. The van der Waals surface area contributed by atoms with Crippen molar-refractivity contribution < 1.29 is 19.4 Å². The number of ether oxygens (including phenoxy) is 1. The van der Waals surface area contributed by atoms with Gasteiger partial charge in [-0.1, -0.05) is 24.3 Å². The van der Waals surface area contributed by atoms with E-state index in [-0.39, 0.29) is 0 Å². The molecule has 140 valence electrons. The van der Waals surface area contributed by atoms with Gasteiger partial charge in [0, 0.05) is 13.1 Å². The summed E-state index contributed by atoms with van der Waals surface area (Å²) in [4.78, 5) is 21.3. The van der Waals surface area contributed by atoms with Gasteiger partial charge in [-0.3, -0.25) is 4.79 Å². The number of benzene rings is 2. The second kappa shape index (κ2) is 9.10. The number of nitrogens with one attached hydrogen (secondary N) is 1. The van der Waals surface area contributed by atoms with E-state index in [1.807, 2.05) is 24.3 Å². The molecule has 0 spiro atoms. The standard InChI is InChI=1S/C20H21N3O4/c1-23-20(15-7-9-16(10-8-15)27-12-18(25)26)19(22)14-5-2-13(3-6-14)4-11-17(21)24/h2-11,23H,12,22H2,1H3,(H2,21,24)(H,25,26)/b11-4+,20-19-. The highest BCUT2D eigenvalue weighted by atomic mass is 16.5. The van der Waals surface area contributed by atoms with E-state index in [1.54, 1.807) is 37.4 Å². The molecular formula is C20H21N3O4. The van der Waals surface area contributed by atoms with Gasteiger partial charge >= 0.3 is 5.97 Å². The van der Waals surface area contributed by atoms with Crippen LogP contribution in [0.1, 0.15) is 16.7 Å². The Balaban J connectivity index is 2.24. The normalized spacial score (nSPS) is 11.7. The lowest BCUT2D eigenvalue weighted by molar-refractivity contribution is -0.139. The van der Waals surface area contributed by atoms with Crippen molar-refractivity contribution in [2.75, 3.05) is 13.7 Å². The molecule has 0 saturated carbocycles. The molecule has 0 heterocycles. The van der Waals surface area contributed by atoms with Crippen molar-refractivity contribution in [3.8, 4) is 5.75 Å². The Morgan fingerprint density at radius 2 is 1.63 bits per heavy atom. The van der Waals surface area contributed by atoms with Gasteiger partial charge in [-0.2, -0.15) is 0 Å². The second-order valence-electron chi connectivity index (χ2n) is 5.60. The van der Waals surface area contributed by atoms with Crippen molar-refractivity contribution in [3.05, 3.63) is 71.3 Å². The molecule has 2 aromatic carbocycles. The van der Waals surface area contributed by atoms with Crippen LogP contribution in [-0.2, 0) is 9.59 Å². The molecule has 0 fully saturated rings. The minimum absolute atomic E-state index is 0.396. The van der Waals surface area contributed by atoms with Crippen LogP contribution in [0.3, 0.4) is 0 Å². The quantitative estimate of drug-likeness (QED) is 0.415. The lowest BCUT2D eigenvalue weighted by Gasteiger charge is -2.13. The summed E-state index contributed by atoms with van der Waals surface area (Å²) >= 11 is 0. The van der Waals surface area contributed by atoms with Crippen LogP contribution in [0.2, 0.25) is 0 Å². The number of rotatable bonds is 8. The van der Waals surface area contributed by atoms with Crippen LogP contribution >= 0.6 is 0 Å². The fourth-order valence-electron chi connectivity index (χ4n) is 2.39. The van der Waals surface area contributed by atoms with E-state index in [2.05, 4.69) is 5.32 Å². The number of hydrogen-bond acceptors (Lipinski definition) is 5. The van der Waals surface area contributed by atoms with E-state index >= 15 is 0 Å². The lowest BCUT2D eigenvalue weighted by atomic mass is 10.0. The number of nitrogens with two attached hydrogens (primary N) is 2. The molecule has 27 heavy (non-hydrogen) atoms. The number of aliphatic carboxylic acids is 1. The smallest absolute Gasteiger partial charge is 0.341 e. The van der Waals surface area contributed by atoms with E-state index in [4.69, 9.17) is 21.3 Å². The fraction of sp³-hybridized carbons (Fsp3) is 0.100. The van der Waals surface area contributed by atoms with Gasteiger partial charge in [-0.25, -0.2) is 4.79 Å². The molecule has 2 rings (SSSR count). The summed E-state index contributed by atoms with van der Waals surface area (Å²) < 4.78 is 5.13. The maximum absolute atomic E-state index is 10.8. The molecule has 0 aliphatic rings. The Kier molecular flexibility index (Phi) is 6.60. The van der Waals surface area contributed by atoms with E-state index in [9.17, 15) is 9.59 Å². The Morgan fingerprint density at radius 1 is 1.04 bits per heavy atom. The third-order valence-electron chi connectivity index (χ3n) is 3.69. The van der Waals surface area contributed by atoms with Crippen LogP contribution in [0.5, 0.6) is 5.75 Å². The lowest BCUT2D eigenvalue weighted by Crippen LogP contribution is -2.12. The summed E-state index contributed by atoms with van der Waals surface area (Å²) in [6, 6.07) is 14.3. The van der Waals surface area contributed by atoms with Crippen LogP contribution in [0.4, 0.5) is 0 Å². The number of hydrogen-bond donors (Lipinski definition) is 4. The summed E-state index contributed by atoms with van der Waals surface area (Å²) in [6.07, 6.45) is 2.92. The van der Waals surface area contributed by atoms with Crippen LogP contribution in [0.25, 0.3) is 17.5 Å². The molecular weight excluding hydrogens is 346 g/mol. The predicted molar refractivity (Wildman–Crippen MR) is 104 cm³/mol. The van der Waals surface area contributed by atoms with Crippen LogP contribution in [-0.4, -0.2) is 30.6 Å². The number of carbonyl (C=O) groups excluding carboxylic acids is 1. The highest BCUT2D eigenvalue weighted by Gasteiger charge is 2.08. The van der Waals surface area contributed by atoms with Crippen LogP contribution < -0.4 is 21.5 Å². The third-order valence-corrected chi connectivity index (χ3v) is 3.69. The molecule has 0 aliphatic carbocycles. The minimum Gasteiger partial charge on any atom is -0.482 e. The van der Waals surface area contributed by atoms with Crippen LogP contribution in [0.15, 0.2) is 54.6 Å². The monoisotopic (exact) mass is 367 g/mol. The van der Waals surface area contributed by atoms with Crippen molar-refractivity contribution in [3.63, 3.8) is 0 Å². The van der Waals surface area contributed by atoms with Crippen molar-refractivity contribution in [2.24, 2.45) is 11.5 Å². The maximum Gasteiger partial charge on any atom is 0.341 e. The first kappa shape index (κ1) is 19.6. The summed E-state index contributed by atoms with van der Waals surface area (Å²) in [5.41, 5.74) is 15.1. The summed E-state index contributed by atoms with van der Waals surface area (Å²) in [6.45, 7) is -0.396. The maximum atomic E-state index is 10.8. The topological polar surface area (TPSA) is 128 Å². The number of amides is 1. The molecule has 7 nitrogen and oxygen atoms in total. The summed E-state index contributed by atoms with van der Waals surface area (Å²) in [5.74, 6) is -1.08. The van der Waals surface area contributed by atoms with Crippen molar-refractivity contribution >= 4 is 29.3 Å². The van der Waals surface area contributed by atoms with E-state index < -0.39 is 18.5 Å². The van der Waals surface area contributed by atoms with Gasteiger partial charge in [0.2, 0.25) is 5.91 Å². The highest BCUT2D eigenvalue weighted by Crippen LogP contribution is 2.23. The Labute approximate surface area is 156 Å². The molecule has 0 aliphatic heterocycles. The Hall–Kier alpha value is -3.74. The molecule has 0 aromatic heterocycles. The first-order chi connectivity index (χ1) is 12.9. The van der Waals surface area contributed by atoms with Gasteiger partial charge in [-0.15, -0.1) is 0 Å². The van der Waals surface area contributed by atoms with Gasteiger partial charge in [0.15, 0.2) is 6.61 Å². The molecule has 0 radical (unpaired) electrons. The van der Waals surface area contributed by atoms with E-state index in [0.717, 1.165) is 22.4 Å². The molecule has 7 heteroatoms. The SMILES string of the molecule is CN/C(=C(\N)c1ccc(/C=C/C(N)=O)cc1)c1ccc(OCC(=O)O)cc1. The zero-order chi connectivity index (χ0) is 19.8. The number of carboxylic acids is 1. The first-order valence-electron chi connectivity index (χ1n) is 8.11. The van der Waals surface area contributed by atoms with E-state index in [0.29, 0.717) is 11.4 Å². The Morgan fingerprint density at radius 3 is 2.15 bits per heavy atom. The molecule has 0 unspecified atom stereocenters. The molecule has 6 N–H and O–H groups in total. The fourth-order valence-corrected chi connectivity index (χ4v) is 2.39. The minimum atomic E-state index is -1.03. The van der Waals surface area contributed by atoms with Gasteiger partial charge < -0.3 is 26.6 Å². The second-order valence-corrected chi connectivity index (χ2v) is 5.60. The molecule has 0 atom stereocenters. The van der Waals surface area contributed by atoms with Crippen molar-refractivity contribution in [1.29, 1.82) is 0 Å². The van der Waals surface area contributed by atoms with Crippen LogP contribution in [0, 0.1) is 0 Å². The zero-order valence-corrected chi connectivity index (χ0v) is 14.8. The first-order valence-corrected chi connectivity index (χ1v) is 8.11. The largest absolute Gasteiger partial charge is 0.482 e. The van der Waals surface area contributed by atoms with Crippen molar-refractivity contribution in [2.45, 2.75) is 0 Å². The summed E-state index contributed by atoms with van der Waals surface area (Å²) in [5, 5.41) is 11.7. The molecule has 1 amide bonds. The molecule has 0 bridgehead atoms. The number of primary amides is 1. The molecule has 2 aromatic rings. The zero-order valence-electron chi connectivity index (χ0n) is 14.8. The van der Waals surface area contributed by atoms with Crippen molar-refractivity contribution in [1.82, 2.24) is 5.32 Å². The van der Waals surface area contributed by atoms with Gasteiger partial charge in [0.1, 0.15) is 5.75 Å². The number of carbonyl (C=O) groups is 2. The predicted octanol–water partition coefficient (Wildman–Crippen LogP) is 1.65. The van der Waals surface area contributed by atoms with Gasteiger partial charge in [0.25, 0.3) is 0 Å². The third kappa shape index (κ3) is 5.64. The number of carboxylic acid groups (broad SMARTS) is 1. The average molecular weight is 367 g/mol. The average Bonchev–Trinajstić information content (AvgIpc) is 2.66. The Bertz CT molecular complexity index is 869. The molecule has 0 saturated heterocycles. The van der Waals surface area contributed by atoms with Gasteiger partial charge in [-0.05, 0) is 47.0 Å². The summed E-state index contributed by atoms with van der Waals surface area (Å²) in [7, 11) is 1.76. The van der Waals surface area contributed by atoms with Gasteiger partial charge in [0.05, 0.1) is 11.4 Å². The van der Waals surface area contributed by atoms with E-state index in [1.165, 1.54) is 6.08 Å².